The summed E-state index contributed by atoms with van der Waals surface area (Å²) in [4.78, 5) is 38.9. The first-order valence-corrected chi connectivity index (χ1v) is 6.99. The fourth-order valence-electron chi connectivity index (χ4n) is 1.41. The molecule has 2 aromatic heterocycles. The highest BCUT2D eigenvalue weighted by Gasteiger charge is 2.13. The number of nitrogens with zero attached hydrogens (tertiary/aromatic N) is 3. The van der Waals surface area contributed by atoms with E-state index in [-0.39, 0.29) is 36.6 Å². The van der Waals surface area contributed by atoms with Gasteiger partial charge < -0.3 is 20.3 Å². The summed E-state index contributed by atoms with van der Waals surface area (Å²) in [6.45, 7) is -0.158. The van der Waals surface area contributed by atoms with E-state index < -0.39 is 13.2 Å². The molecule has 0 saturated heterocycles. The first kappa shape index (κ1) is 13.7. The quantitative estimate of drug-likeness (QED) is 0.397. The second-order valence-corrected chi connectivity index (χ2v) is 5.54. The number of H-pyrrole nitrogens is 1. The van der Waals surface area contributed by atoms with Gasteiger partial charge in [-0.2, -0.15) is 4.98 Å². The number of rotatable bonds is 5. The van der Waals surface area contributed by atoms with E-state index in [0.717, 1.165) is 0 Å². The van der Waals surface area contributed by atoms with Gasteiger partial charge in [0.1, 0.15) is 6.73 Å². The number of anilines is 1. The molecule has 0 radical (unpaired) electrons. The minimum Gasteiger partial charge on any atom is -0.369 e. The molecule has 0 amide bonds. The maximum Gasteiger partial charge on any atom is 0.327 e. The van der Waals surface area contributed by atoms with Crippen LogP contribution in [0.15, 0.2) is 11.1 Å². The zero-order valence-electron chi connectivity index (χ0n) is 9.68. The van der Waals surface area contributed by atoms with Crippen LogP contribution in [0.25, 0.3) is 11.2 Å². The summed E-state index contributed by atoms with van der Waals surface area (Å²) >= 11 is 0. The van der Waals surface area contributed by atoms with Crippen LogP contribution in [0, 0.1) is 0 Å². The lowest BCUT2D eigenvalue weighted by molar-refractivity contribution is 0.0891. The van der Waals surface area contributed by atoms with Crippen molar-refractivity contribution in [2.24, 2.45) is 0 Å². The second kappa shape index (κ2) is 5.10. The Morgan fingerprint density at radius 3 is 2.95 bits per heavy atom. The van der Waals surface area contributed by atoms with Crippen molar-refractivity contribution in [2.75, 3.05) is 18.5 Å². The molecule has 10 nitrogen and oxygen atoms in total. The Balaban J connectivity index is 2.10. The van der Waals surface area contributed by atoms with Crippen molar-refractivity contribution in [3.05, 3.63) is 16.7 Å². The Hall–Kier alpha value is -1.74. The molecular weight excluding hydrogens is 277 g/mol. The van der Waals surface area contributed by atoms with Gasteiger partial charge in [-0.1, -0.05) is 0 Å². The molecule has 0 aliphatic heterocycles. The van der Waals surface area contributed by atoms with Gasteiger partial charge in [-0.3, -0.25) is 18.9 Å². The molecule has 0 atom stereocenters. The Morgan fingerprint density at radius 2 is 2.26 bits per heavy atom. The van der Waals surface area contributed by atoms with E-state index in [0.29, 0.717) is 0 Å². The van der Waals surface area contributed by atoms with Gasteiger partial charge in [-0.05, 0) is 0 Å². The van der Waals surface area contributed by atoms with Crippen molar-refractivity contribution in [1.82, 2.24) is 19.5 Å². The van der Waals surface area contributed by atoms with Crippen LogP contribution in [0.3, 0.4) is 0 Å². The van der Waals surface area contributed by atoms with E-state index >= 15 is 0 Å². The van der Waals surface area contributed by atoms with Gasteiger partial charge in [0.25, 0.3) is 5.56 Å². The lowest BCUT2D eigenvalue weighted by atomic mass is 10.5. The third-order valence-corrected chi connectivity index (χ3v) is 3.02. The van der Waals surface area contributed by atoms with E-state index in [2.05, 4.69) is 15.0 Å². The Labute approximate surface area is 106 Å². The predicted octanol–water partition coefficient (Wildman–Crippen LogP) is -1.15. The summed E-state index contributed by atoms with van der Waals surface area (Å²) in [7, 11) is -4.08. The van der Waals surface area contributed by atoms with Crippen LogP contribution in [0.1, 0.15) is 0 Å². The van der Waals surface area contributed by atoms with Crippen molar-refractivity contribution >= 4 is 24.7 Å². The Kier molecular flexibility index (Phi) is 3.67. The smallest absolute Gasteiger partial charge is 0.327 e. The number of hydrogen-bond donors (Lipinski definition) is 4. The SMILES string of the molecule is Nc1nc2c(ncn2COCCP(=O)(O)O)c(=O)[nH]1. The first-order chi connectivity index (χ1) is 8.87. The largest absolute Gasteiger partial charge is 0.369 e. The summed E-state index contributed by atoms with van der Waals surface area (Å²) in [6.07, 6.45) is 0.958. The third-order valence-electron chi connectivity index (χ3n) is 2.25. The summed E-state index contributed by atoms with van der Waals surface area (Å²) in [5.74, 6) is -0.0468. The maximum absolute atomic E-state index is 11.5. The molecule has 19 heavy (non-hydrogen) atoms. The molecule has 0 bridgehead atoms. The average Bonchev–Trinajstić information content (AvgIpc) is 2.66. The summed E-state index contributed by atoms with van der Waals surface area (Å²) in [5.41, 5.74) is 5.32. The zero-order valence-corrected chi connectivity index (χ0v) is 10.6. The molecule has 2 aromatic rings. The molecule has 5 N–H and O–H groups in total. The van der Waals surface area contributed by atoms with E-state index in [1.807, 2.05) is 0 Å². The predicted molar refractivity (Wildman–Crippen MR) is 65.4 cm³/mol. The normalized spacial score (nSPS) is 12.1. The van der Waals surface area contributed by atoms with Crippen LogP contribution in [-0.2, 0) is 16.0 Å². The van der Waals surface area contributed by atoms with Crippen molar-refractivity contribution in [3.8, 4) is 0 Å². The van der Waals surface area contributed by atoms with Gasteiger partial charge in [-0.25, -0.2) is 4.98 Å². The summed E-state index contributed by atoms with van der Waals surface area (Å²) in [6, 6.07) is 0. The molecule has 0 fully saturated rings. The van der Waals surface area contributed by atoms with Crippen LogP contribution < -0.4 is 11.3 Å². The van der Waals surface area contributed by atoms with Crippen LogP contribution in [0.4, 0.5) is 5.95 Å². The Morgan fingerprint density at radius 1 is 1.53 bits per heavy atom. The second-order valence-electron chi connectivity index (χ2n) is 3.76. The minimum absolute atomic E-state index is 0.0353. The van der Waals surface area contributed by atoms with Crippen LogP contribution >= 0.6 is 7.60 Å². The number of nitrogen functional groups attached to an aromatic ring is 1. The van der Waals surface area contributed by atoms with Gasteiger partial charge in [0.2, 0.25) is 5.95 Å². The van der Waals surface area contributed by atoms with E-state index in [9.17, 15) is 9.36 Å². The van der Waals surface area contributed by atoms with Crippen LogP contribution in [0.5, 0.6) is 0 Å². The number of aromatic nitrogens is 4. The number of hydrogen-bond acceptors (Lipinski definition) is 6. The van der Waals surface area contributed by atoms with Crippen molar-refractivity contribution < 1.29 is 19.1 Å². The molecule has 2 heterocycles. The summed E-state index contributed by atoms with van der Waals surface area (Å²) < 4.78 is 17.1. The topological polar surface area (TPSA) is 156 Å². The van der Waals surface area contributed by atoms with Gasteiger partial charge in [0.15, 0.2) is 11.2 Å². The average molecular weight is 289 g/mol. The fourth-order valence-corrected chi connectivity index (χ4v) is 1.78. The Bertz CT molecular complexity index is 688. The number of aromatic amines is 1. The fraction of sp³-hybridized carbons (Fsp3) is 0.375. The molecule has 2 rings (SSSR count). The molecule has 104 valence electrons. The van der Waals surface area contributed by atoms with Gasteiger partial charge in [0, 0.05) is 0 Å². The minimum atomic E-state index is -4.08. The highest BCUT2D eigenvalue weighted by molar-refractivity contribution is 7.51. The highest BCUT2D eigenvalue weighted by Crippen LogP contribution is 2.33. The van der Waals surface area contributed by atoms with E-state index in [1.54, 1.807) is 0 Å². The highest BCUT2D eigenvalue weighted by atomic mass is 31.2. The number of ether oxygens (including phenoxy) is 1. The number of fused-ring (bicyclic) bond motifs is 1. The zero-order chi connectivity index (χ0) is 14.0. The monoisotopic (exact) mass is 289 g/mol. The molecule has 0 spiro atoms. The van der Waals surface area contributed by atoms with Gasteiger partial charge in [0.05, 0.1) is 19.1 Å². The molecule has 0 aliphatic carbocycles. The van der Waals surface area contributed by atoms with Crippen molar-refractivity contribution in [2.45, 2.75) is 6.73 Å². The van der Waals surface area contributed by atoms with Crippen molar-refractivity contribution in [1.29, 1.82) is 0 Å². The molecule has 0 aliphatic rings. The molecule has 0 aromatic carbocycles. The number of imidazole rings is 1. The van der Waals surface area contributed by atoms with E-state index in [1.165, 1.54) is 10.9 Å². The molecule has 0 saturated carbocycles. The number of nitrogens with one attached hydrogen (secondary N) is 1. The number of nitrogens with two attached hydrogens (primary N) is 1. The van der Waals surface area contributed by atoms with Crippen LogP contribution in [-0.4, -0.2) is 42.1 Å². The lowest BCUT2D eigenvalue weighted by Gasteiger charge is -2.06. The maximum atomic E-state index is 11.5. The molecule has 0 unspecified atom stereocenters. The van der Waals surface area contributed by atoms with Gasteiger partial charge >= 0.3 is 7.60 Å². The first-order valence-electron chi connectivity index (χ1n) is 5.20. The molecule has 11 heteroatoms. The summed E-state index contributed by atoms with van der Waals surface area (Å²) in [5, 5.41) is 0. The standard InChI is InChI=1S/C8H12N5O5P/c9-8-11-6-5(7(14)12-8)10-3-13(6)4-18-1-2-19(15,16)17/h3H,1-2,4H2,(H2,15,16,17)(H3,9,11,12,14). The lowest BCUT2D eigenvalue weighted by Crippen LogP contribution is -2.13. The van der Waals surface area contributed by atoms with Crippen molar-refractivity contribution in [3.63, 3.8) is 0 Å². The molecular formula is C8H12N5O5P. The third kappa shape index (κ3) is 3.38. The van der Waals surface area contributed by atoms with E-state index in [4.69, 9.17) is 20.3 Å². The van der Waals surface area contributed by atoms with Crippen LogP contribution in [0.2, 0.25) is 0 Å². The van der Waals surface area contributed by atoms with Gasteiger partial charge in [-0.15, -0.1) is 0 Å².